The van der Waals surface area contributed by atoms with Gasteiger partial charge in [0.15, 0.2) is 0 Å². The van der Waals surface area contributed by atoms with Crippen molar-refractivity contribution in [2.24, 2.45) is 0 Å². The predicted molar refractivity (Wildman–Crippen MR) is 136 cm³/mol. The van der Waals surface area contributed by atoms with E-state index in [0.29, 0.717) is 6.54 Å². The summed E-state index contributed by atoms with van der Waals surface area (Å²) in [5.41, 5.74) is 5.20. The molecule has 2 N–H and O–H groups in total. The minimum Gasteiger partial charge on any atom is -0.325 e. The lowest BCUT2D eigenvalue weighted by Gasteiger charge is -2.37. The van der Waals surface area contributed by atoms with Crippen molar-refractivity contribution < 1.29 is 9.59 Å². The zero-order chi connectivity index (χ0) is 24.2. The lowest BCUT2D eigenvalue weighted by molar-refractivity contribution is -0.122. The van der Waals surface area contributed by atoms with E-state index in [-0.39, 0.29) is 23.3 Å². The third-order valence-corrected chi connectivity index (χ3v) is 6.47. The van der Waals surface area contributed by atoms with Crippen LogP contribution in [0.1, 0.15) is 44.4 Å². The highest BCUT2D eigenvalue weighted by Crippen LogP contribution is 2.24. The molecule has 0 aliphatic carbocycles. The van der Waals surface area contributed by atoms with Crippen LogP contribution in [0.3, 0.4) is 0 Å². The van der Waals surface area contributed by atoms with Gasteiger partial charge in [0.1, 0.15) is 0 Å². The fourth-order valence-corrected chi connectivity index (χ4v) is 4.17. The fourth-order valence-electron chi connectivity index (χ4n) is 4.17. The Bertz CT molecular complexity index is 950. The second-order valence-corrected chi connectivity index (χ2v) is 10.1. The van der Waals surface area contributed by atoms with Crippen LogP contribution in [0.2, 0.25) is 0 Å². The molecule has 2 aromatic carbocycles. The van der Waals surface area contributed by atoms with Gasteiger partial charge in [-0.25, -0.2) is 0 Å². The maximum absolute atomic E-state index is 12.8. The number of para-hydroxylation sites is 1. The van der Waals surface area contributed by atoms with Crippen molar-refractivity contribution in [3.05, 3.63) is 59.2 Å². The topological polar surface area (TPSA) is 64.7 Å². The van der Waals surface area contributed by atoms with Crippen LogP contribution in [0.25, 0.3) is 0 Å². The number of aryl methyl sites for hydroxylation is 2. The van der Waals surface area contributed by atoms with E-state index in [4.69, 9.17) is 0 Å². The second-order valence-electron chi connectivity index (χ2n) is 10.1. The predicted octanol–water partition coefficient (Wildman–Crippen LogP) is 4.18. The van der Waals surface area contributed by atoms with E-state index in [1.807, 2.05) is 51.1 Å². The molecule has 33 heavy (non-hydrogen) atoms. The van der Waals surface area contributed by atoms with Crippen LogP contribution in [0, 0.1) is 13.8 Å². The highest BCUT2D eigenvalue weighted by atomic mass is 16.2. The number of nitrogens with one attached hydrogen (secondary N) is 2. The molecule has 1 heterocycles. The van der Waals surface area contributed by atoms with Crippen LogP contribution in [0.5, 0.6) is 0 Å². The first-order valence-corrected chi connectivity index (χ1v) is 11.8. The molecule has 0 bridgehead atoms. The highest BCUT2D eigenvalue weighted by Gasteiger charge is 2.26. The second kappa shape index (κ2) is 10.5. The SMILES string of the molecule is Cc1cccc(C)c1NC(=O)CN1CCN([C@H](C)C(=O)Nc2ccc(C(C)(C)C)cc2)CC1. The van der Waals surface area contributed by atoms with Crippen molar-refractivity contribution in [3.63, 3.8) is 0 Å². The van der Waals surface area contributed by atoms with Gasteiger partial charge >= 0.3 is 0 Å². The van der Waals surface area contributed by atoms with Crippen LogP contribution in [0.4, 0.5) is 11.4 Å². The van der Waals surface area contributed by atoms with Crippen molar-refractivity contribution in [1.29, 1.82) is 0 Å². The Labute approximate surface area is 198 Å². The number of amides is 2. The van der Waals surface area contributed by atoms with E-state index in [1.54, 1.807) is 0 Å². The maximum atomic E-state index is 12.8. The van der Waals surface area contributed by atoms with Gasteiger partial charge in [-0.2, -0.15) is 0 Å². The summed E-state index contributed by atoms with van der Waals surface area (Å²) in [6, 6.07) is 13.9. The number of hydrogen-bond donors (Lipinski definition) is 2. The molecule has 2 amide bonds. The average Bonchev–Trinajstić information content (AvgIpc) is 2.76. The zero-order valence-corrected chi connectivity index (χ0v) is 20.9. The van der Waals surface area contributed by atoms with E-state index >= 15 is 0 Å². The Kier molecular flexibility index (Phi) is 7.92. The Hall–Kier alpha value is -2.70. The first kappa shape index (κ1) is 24.9. The number of anilines is 2. The zero-order valence-electron chi connectivity index (χ0n) is 20.9. The van der Waals surface area contributed by atoms with Gasteiger partial charge in [0.2, 0.25) is 11.8 Å². The van der Waals surface area contributed by atoms with Gasteiger partial charge in [0, 0.05) is 37.6 Å². The summed E-state index contributed by atoms with van der Waals surface area (Å²) in [4.78, 5) is 29.7. The Morgan fingerprint density at radius 1 is 0.909 bits per heavy atom. The van der Waals surface area contributed by atoms with Gasteiger partial charge in [-0.05, 0) is 55.0 Å². The van der Waals surface area contributed by atoms with Crippen molar-refractivity contribution in [1.82, 2.24) is 9.80 Å². The molecule has 6 nitrogen and oxygen atoms in total. The van der Waals surface area contributed by atoms with Crippen LogP contribution >= 0.6 is 0 Å². The van der Waals surface area contributed by atoms with Crippen molar-refractivity contribution in [3.8, 4) is 0 Å². The number of rotatable bonds is 6. The van der Waals surface area contributed by atoms with Gasteiger partial charge in [-0.3, -0.25) is 19.4 Å². The van der Waals surface area contributed by atoms with Gasteiger partial charge in [-0.15, -0.1) is 0 Å². The summed E-state index contributed by atoms with van der Waals surface area (Å²) in [7, 11) is 0. The largest absolute Gasteiger partial charge is 0.325 e. The van der Waals surface area contributed by atoms with Gasteiger partial charge in [0.05, 0.1) is 12.6 Å². The molecule has 0 unspecified atom stereocenters. The molecule has 0 radical (unpaired) electrons. The number of benzene rings is 2. The third-order valence-electron chi connectivity index (χ3n) is 6.47. The van der Waals surface area contributed by atoms with Crippen LogP contribution in [-0.4, -0.2) is 60.4 Å². The number of piperazine rings is 1. The monoisotopic (exact) mass is 450 g/mol. The highest BCUT2D eigenvalue weighted by molar-refractivity contribution is 5.95. The molecule has 1 aliphatic heterocycles. The fraction of sp³-hybridized carbons (Fsp3) is 0.481. The summed E-state index contributed by atoms with van der Waals surface area (Å²) >= 11 is 0. The lowest BCUT2D eigenvalue weighted by Crippen LogP contribution is -2.53. The smallest absolute Gasteiger partial charge is 0.241 e. The molecule has 1 fully saturated rings. The van der Waals surface area contributed by atoms with Crippen LogP contribution in [-0.2, 0) is 15.0 Å². The van der Waals surface area contributed by atoms with Crippen molar-refractivity contribution >= 4 is 23.2 Å². The molecule has 3 rings (SSSR count). The normalized spacial score (nSPS) is 16.3. The summed E-state index contributed by atoms with van der Waals surface area (Å²) in [5.74, 6) is 0.00470. The van der Waals surface area contributed by atoms with E-state index in [1.165, 1.54) is 5.56 Å². The lowest BCUT2D eigenvalue weighted by atomic mass is 9.87. The summed E-state index contributed by atoms with van der Waals surface area (Å²) < 4.78 is 0. The molecular weight excluding hydrogens is 412 g/mol. The Morgan fingerprint density at radius 2 is 1.48 bits per heavy atom. The van der Waals surface area contributed by atoms with Gasteiger partial charge < -0.3 is 10.6 Å². The van der Waals surface area contributed by atoms with Crippen molar-refractivity contribution in [2.75, 3.05) is 43.4 Å². The average molecular weight is 451 g/mol. The Balaban J connectivity index is 1.46. The molecule has 1 atom stereocenters. The molecule has 1 aliphatic rings. The maximum Gasteiger partial charge on any atom is 0.241 e. The molecule has 0 aromatic heterocycles. The molecule has 6 heteroatoms. The number of carbonyl (C=O) groups excluding carboxylic acids is 2. The summed E-state index contributed by atoms with van der Waals surface area (Å²) in [5, 5.41) is 6.10. The van der Waals surface area contributed by atoms with Crippen LogP contribution in [0.15, 0.2) is 42.5 Å². The van der Waals surface area contributed by atoms with Crippen LogP contribution < -0.4 is 10.6 Å². The molecule has 2 aromatic rings. The quantitative estimate of drug-likeness (QED) is 0.693. The molecular formula is C27H38N4O2. The number of carbonyl (C=O) groups is 2. The minimum atomic E-state index is -0.224. The third kappa shape index (κ3) is 6.65. The number of hydrogen-bond acceptors (Lipinski definition) is 4. The van der Waals surface area contributed by atoms with E-state index in [2.05, 4.69) is 53.3 Å². The first-order valence-electron chi connectivity index (χ1n) is 11.8. The molecule has 0 saturated carbocycles. The van der Waals surface area contributed by atoms with Gasteiger partial charge in [0.25, 0.3) is 0 Å². The van der Waals surface area contributed by atoms with Crippen molar-refractivity contribution in [2.45, 2.75) is 53.0 Å². The summed E-state index contributed by atoms with van der Waals surface area (Å²) in [6.07, 6.45) is 0. The van der Waals surface area contributed by atoms with E-state index in [9.17, 15) is 9.59 Å². The Morgan fingerprint density at radius 3 is 2.03 bits per heavy atom. The molecule has 0 spiro atoms. The molecule has 1 saturated heterocycles. The van der Waals surface area contributed by atoms with E-state index < -0.39 is 0 Å². The summed E-state index contributed by atoms with van der Waals surface area (Å²) in [6.45, 7) is 15.9. The number of nitrogens with zero attached hydrogens (tertiary/aromatic N) is 2. The molecule has 178 valence electrons. The van der Waals surface area contributed by atoms with Gasteiger partial charge in [-0.1, -0.05) is 51.1 Å². The minimum absolute atomic E-state index is 0.000250. The standard InChI is InChI=1S/C27H38N4O2/c1-19-8-7-9-20(2)25(19)29-24(32)18-30-14-16-31(17-15-30)21(3)26(33)28-23-12-10-22(11-13-23)27(4,5)6/h7-13,21H,14-18H2,1-6H3,(H,28,33)(H,29,32)/t21-/m1/s1. The van der Waals surface area contributed by atoms with E-state index in [0.717, 1.165) is 48.7 Å². The first-order chi connectivity index (χ1) is 15.5.